The van der Waals surface area contributed by atoms with Crippen molar-refractivity contribution < 1.29 is 13.2 Å². The van der Waals surface area contributed by atoms with Gasteiger partial charge in [-0.1, -0.05) is 19.8 Å². The van der Waals surface area contributed by atoms with Crippen molar-refractivity contribution in [3.8, 4) is 0 Å². The minimum Gasteiger partial charge on any atom is -0.341 e. The Balaban J connectivity index is 2.87. The topological polar surface area (TPSA) is 80.5 Å². The van der Waals surface area contributed by atoms with Crippen LogP contribution < -0.4 is 5.73 Å². The fourth-order valence-corrected chi connectivity index (χ4v) is 4.12. The minimum atomic E-state index is -3.11. The second-order valence-electron chi connectivity index (χ2n) is 5.31. The molecule has 18 heavy (non-hydrogen) atoms. The molecule has 0 saturated heterocycles. The third-order valence-corrected chi connectivity index (χ3v) is 5.49. The van der Waals surface area contributed by atoms with Crippen LogP contribution in [0, 0.1) is 5.92 Å². The Kier molecular flexibility index (Phi) is 5.16. The number of amides is 1. The molecular weight excluding hydrogens is 252 g/mol. The molecule has 3 atom stereocenters. The molecule has 1 saturated carbocycles. The summed E-state index contributed by atoms with van der Waals surface area (Å²) in [6, 6.07) is -0.199. The summed E-state index contributed by atoms with van der Waals surface area (Å²) in [6.45, 7) is 2.07. The summed E-state index contributed by atoms with van der Waals surface area (Å²) in [5, 5.41) is -0.426. The van der Waals surface area contributed by atoms with Gasteiger partial charge in [0.1, 0.15) is 0 Å². The van der Waals surface area contributed by atoms with Crippen LogP contribution in [0.3, 0.4) is 0 Å². The van der Waals surface area contributed by atoms with Gasteiger partial charge in [0.05, 0.1) is 5.25 Å². The van der Waals surface area contributed by atoms with Crippen LogP contribution in [-0.2, 0) is 14.6 Å². The molecule has 1 aliphatic rings. The van der Waals surface area contributed by atoms with Gasteiger partial charge in [0.2, 0.25) is 5.91 Å². The van der Waals surface area contributed by atoms with Gasteiger partial charge in [-0.05, 0) is 12.8 Å². The molecule has 0 aromatic carbocycles. The van der Waals surface area contributed by atoms with E-state index >= 15 is 0 Å². The van der Waals surface area contributed by atoms with Gasteiger partial charge >= 0.3 is 0 Å². The summed E-state index contributed by atoms with van der Waals surface area (Å²) in [6.07, 6.45) is 4.57. The van der Waals surface area contributed by atoms with Gasteiger partial charge in [-0.25, -0.2) is 8.42 Å². The molecular formula is C12H24N2O3S. The molecule has 1 amide bonds. The average molecular weight is 276 g/mol. The Bertz CT molecular complexity index is 394. The minimum absolute atomic E-state index is 0.0574. The molecule has 2 N–H and O–H groups in total. The Morgan fingerprint density at radius 3 is 2.44 bits per heavy atom. The molecule has 0 spiro atoms. The monoisotopic (exact) mass is 276 g/mol. The lowest BCUT2D eigenvalue weighted by atomic mass is 9.93. The summed E-state index contributed by atoms with van der Waals surface area (Å²) in [4.78, 5) is 13.7. The Hall–Kier alpha value is -0.620. The van der Waals surface area contributed by atoms with E-state index in [9.17, 15) is 13.2 Å². The molecule has 106 valence electrons. The van der Waals surface area contributed by atoms with Crippen molar-refractivity contribution in [2.45, 2.75) is 43.9 Å². The van der Waals surface area contributed by atoms with Crippen molar-refractivity contribution in [3.63, 3.8) is 0 Å². The molecule has 0 bridgehead atoms. The Morgan fingerprint density at radius 1 is 1.39 bits per heavy atom. The Labute approximate surface area is 110 Å². The number of nitrogens with zero attached hydrogens (tertiary/aromatic N) is 1. The molecule has 0 aliphatic heterocycles. The molecule has 0 heterocycles. The second-order valence-corrected chi connectivity index (χ2v) is 7.57. The predicted molar refractivity (Wildman–Crippen MR) is 71.9 cm³/mol. The van der Waals surface area contributed by atoms with Crippen molar-refractivity contribution in [2.75, 3.05) is 19.8 Å². The van der Waals surface area contributed by atoms with E-state index in [1.807, 2.05) is 0 Å². The van der Waals surface area contributed by atoms with Crippen LogP contribution in [0.15, 0.2) is 0 Å². The lowest BCUT2D eigenvalue weighted by molar-refractivity contribution is -0.135. The highest BCUT2D eigenvalue weighted by Crippen LogP contribution is 2.28. The molecule has 0 radical (unpaired) electrons. The van der Waals surface area contributed by atoms with Crippen LogP contribution in [0.2, 0.25) is 0 Å². The van der Waals surface area contributed by atoms with Crippen molar-refractivity contribution in [1.29, 1.82) is 0 Å². The summed E-state index contributed by atoms with van der Waals surface area (Å²) in [5.41, 5.74) is 5.49. The molecule has 0 aromatic rings. The van der Waals surface area contributed by atoms with Crippen LogP contribution in [0.25, 0.3) is 0 Å². The molecule has 3 unspecified atom stereocenters. The van der Waals surface area contributed by atoms with Crippen LogP contribution in [-0.4, -0.2) is 50.4 Å². The van der Waals surface area contributed by atoms with Gasteiger partial charge in [-0.15, -0.1) is 0 Å². The predicted octanol–water partition coefficient (Wildman–Crippen LogP) is 0.395. The normalized spacial score (nSPS) is 26.7. The van der Waals surface area contributed by atoms with E-state index in [4.69, 9.17) is 5.73 Å². The number of sulfone groups is 1. The molecule has 5 nitrogen and oxygen atoms in total. The fraction of sp³-hybridized carbons (Fsp3) is 0.917. The van der Waals surface area contributed by atoms with Gasteiger partial charge in [0.25, 0.3) is 0 Å². The first-order chi connectivity index (χ1) is 8.29. The maximum Gasteiger partial charge on any atom is 0.226 e. The van der Waals surface area contributed by atoms with E-state index in [0.717, 1.165) is 19.3 Å². The maximum absolute atomic E-state index is 12.1. The van der Waals surface area contributed by atoms with Gasteiger partial charge in [-0.2, -0.15) is 0 Å². The standard InChI is InChI=1S/C12H24N2O3S/c1-9(8-13)12(15)14(2)10-6-4-5-7-11(10)18(3,16)17/h9-11H,4-8,13H2,1-3H3. The van der Waals surface area contributed by atoms with Crippen LogP contribution >= 0.6 is 0 Å². The van der Waals surface area contributed by atoms with Gasteiger partial charge < -0.3 is 10.6 Å². The largest absolute Gasteiger partial charge is 0.341 e. The summed E-state index contributed by atoms with van der Waals surface area (Å²) < 4.78 is 23.6. The molecule has 1 fully saturated rings. The molecule has 0 aromatic heterocycles. The van der Waals surface area contributed by atoms with E-state index < -0.39 is 15.1 Å². The summed E-state index contributed by atoms with van der Waals surface area (Å²) in [5.74, 6) is -0.310. The molecule has 1 rings (SSSR count). The second kappa shape index (κ2) is 6.02. The number of hydrogen-bond donors (Lipinski definition) is 1. The van der Waals surface area contributed by atoms with Crippen LogP contribution in [0.4, 0.5) is 0 Å². The zero-order chi connectivity index (χ0) is 13.9. The van der Waals surface area contributed by atoms with E-state index in [2.05, 4.69) is 0 Å². The maximum atomic E-state index is 12.1. The van der Waals surface area contributed by atoms with Crippen LogP contribution in [0.5, 0.6) is 0 Å². The lowest BCUT2D eigenvalue weighted by Crippen LogP contribution is -2.51. The van der Waals surface area contributed by atoms with Gasteiger partial charge in [-0.3, -0.25) is 4.79 Å². The van der Waals surface area contributed by atoms with E-state index in [-0.39, 0.29) is 17.9 Å². The number of nitrogens with two attached hydrogens (primary N) is 1. The lowest BCUT2D eigenvalue weighted by Gasteiger charge is -2.37. The van der Waals surface area contributed by atoms with Crippen molar-refractivity contribution >= 4 is 15.7 Å². The van der Waals surface area contributed by atoms with E-state index in [1.165, 1.54) is 6.26 Å². The van der Waals surface area contributed by atoms with Gasteiger partial charge in [0.15, 0.2) is 9.84 Å². The third-order valence-electron chi connectivity index (χ3n) is 3.84. The summed E-state index contributed by atoms with van der Waals surface area (Å²) >= 11 is 0. The SMILES string of the molecule is CC(CN)C(=O)N(C)C1CCCCC1S(C)(=O)=O. The van der Waals surface area contributed by atoms with E-state index in [1.54, 1.807) is 18.9 Å². The number of rotatable bonds is 4. The highest BCUT2D eigenvalue weighted by Gasteiger charge is 2.37. The first-order valence-electron chi connectivity index (χ1n) is 6.44. The van der Waals surface area contributed by atoms with Crippen molar-refractivity contribution in [3.05, 3.63) is 0 Å². The molecule has 1 aliphatic carbocycles. The number of carbonyl (C=O) groups is 1. The zero-order valence-electron chi connectivity index (χ0n) is 11.4. The first kappa shape index (κ1) is 15.4. The van der Waals surface area contributed by atoms with Crippen LogP contribution in [0.1, 0.15) is 32.6 Å². The number of carbonyl (C=O) groups excluding carboxylic acids is 1. The Morgan fingerprint density at radius 2 is 1.94 bits per heavy atom. The van der Waals surface area contributed by atoms with Gasteiger partial charge in [0, 0.05) is 31.8 Å². The highest BCUT2D eigenvalue weighted by molar-refractivity contribution is 7.91. The average Bonchev–Trinajstić information content (AvgIpc) is 2.35. The van der Waals surface area contributed by atoms with E-state index in [0.29, 0.717) is 13.0 Å². The highest BCUT2D eigenvalue weighted by atomic mass is 32.2. The van der Waals surface area contributed by atoms with Crippen molar-refractivity contribution in [1.82, 2.24) is 4.90 Å². The molecule has 6 heteroatoms. The zero-order valence-corrected chi connectivity index (χ0v) is 12.2. The van der Waals surface area contributed by atoms with Crippen molar-refractivity contribution in [2.24, 2.45) is 11.7 Å². The fourth-order valence-electron chi connectivity index (χ4n) is 2.63. The number of hydrogen-bond acceptors (Lipinski definition) is 4. The summed E-state index contributed by atoms with van der Waals surface area (Å²) in [7, 11) is -1.41. The third kappa shape index (κ3) is 3.45. The smallest absolute Gasteiger partial charge is 0.226 e. The quantitative estimate of drug-likeness (QED) is 0.805. The first-order valence-corrected chi connectivity index (χ1v) is 8.40.